The Morgan fingerprint density at radius 3 is 1.62 bits per heavy atom. The van der Waals surface area contributed by atoms with Gasteiger partial charge in [0.1, 0.15) is 11.2 Å². The summed E-state index contributed by atoms with van der Waals surface area (Å²) in [6.45, 7) is 8.16. The SMILES string of the molecule is [C-]#[N+]c1ccccc1-c1cc(-n2c3ccccc3c3ccc4c5ccccc5n(-c5nc(-c6ccccc6)nc(-c6ccc(-c7ccccc7)cc6)n5)c4c32)cc2c1oc1ccccc12. The smallest absolute Gasteiger partial charge is 0.238 e. The fourth-order valence-corrected chi connectivity index (χ4v) is 9.67. The van der Waals surface area contributed by atoms with Crippen LogP contribution in [-0.4, -0.2) is 24.1 Å². The summed E-state index contributed by atoms with van der Waals surface area (Å²) in [5, 5.41) is 6.33. The number of fused-ring (bicyclic) bond motifs is 10. The molecule has 0 fully saturated rings. The van der Waals surface area contributed by atoms with Crippen LogP contribution in [0.15, 0.2) is 211 Å². The van der Waals surface area contributed by atoms with Gasteiger partial charge in [-0.3, -0.25) is 4.57 Å². The van der Waals surface area contributed by atoms with Crippen LogP contribution in [0.1, 0.15) is 0 Å². The Balaban J connectivity index is 1.15. The van der Waals surface area contributed by atoms with Gasteiger partial charge in [0.05, 0.1) is 28.6 Å². The summed E-state index contributed by atoms with van der Waals surface area (Å²) in [5.74, 6) is 1.67. The van der Waals surface area contributed by atoms with Crippen molar-refractivity contribution in [3.8, 4) is 56.7 Å². The maximum atomic E-state index is 8.16. The highest BCUT2D eigenvalue weighted by atomic mass is 16.3. The van der Waals surface area contributed by atoms with Crippen LogP contribution in [0.25, 0.3) is 127 Å². The van der Waals surface area contributed by atoms with Gasteiger partial charge in [0.15, 0.2) is 17.3 Å². The average molecular weight is 831 g/mol. The van der Waals surface area contributed by atoms with Crippen molar-refractivity contribution < 1.29 is 4.42 Å². The second-order valence-corrected chi connectivity index (χ2v) is 16.3. The van der Waals surface area contributed by atoms with Crippen molar-refractivity contribution in [2.24, 2.45) is 0 Å². The third-order valence-corrected chi connectivity index (χ3v) is 12.6. The largest absolute Gasteiger partial charge is 0.455 e. The molecule has 0 aliphatic heterocycles. The van der Waals surface area contributed by atoms with Crippen molar-refractivity contribution in [1.82, 2.24) is 24.1 Å². The van der Waals surface area contributed by atoms with Crippen molar-refractivity contribution >= 4 is 71.2 Å². The molecule has 0 bridgehead atoms. The Morgan fingerprint density at radius 2 is 0.923 bits per heavy atom. The van der Waals surface area contributed by atoms with Gasteiger partial charge in [0.25, 0.3) is 0 Å². The van der Waals surface area contributed by atoms with Gasteiger partial charge in [-0.2, -0.15) is 9.97 Å². The number of furan rings is 1. The van der Waals surface area contributed by atoms with E-state index in [-0.39, 0.29) is 0 Å². The first-order chi connectivity index (χ1) is 32.2. The van der Waals surface area contributed by atoms with E-state index in [0.29, 0.717) is 23.3 Å². The van der Waals surface area contributed by atoms with Crippen molar-refractivity contribution in [3.63, 3.8) is 0 Å². The van der Waals surface area contributed by atoms with Crippen LogP contribution in [0.4, 0.5) is 5.69 Å². The monoisotopic (exact) mass is 830 g/mol. The maximum absolute atomic E-state index is 8.16. The van der Waals surface area contributed by atoms with Gasteiger partial charge in [0, 0.05) is 54.7 Å². The lowest BCUT2D eigenvalue weighted by molar-refractivity contribution is 0.670. The zero-order valence-electron chi connectivity index (χ0n) is 34.7. The second kappa shape index (κ2) is 14.5. The molecule has 0 spiro atoms. The molecule has 4 aromatic heterocycles. The molecule has 0 saturated carbocycles. The summed E-state index contributed by atoms with van der Waals surface area (Å²) in [6, 6.07) is 70.9. The van der Waals surface area contributed by atoms with E-state index in [1.165, 1.54) is 0 Å². The lowest BCUT2D eigenvalue weighted by atomic mass is 9.99. The Bertz CT molecular complexity index is 4060. The summed E-state index contributed by atoms with van der Waals surface area (Å²) in [4.78, 5) is 19.8. The van der Waals surface area contributed by atoms with Crippen LogP contribution in [0, 0.1) is 6.57 Å². The molecule has 0 N–H and O–H groups in total. The molecule has 0 atom stereocenters. The number of para-hydroxylation sites is 4. The molecule has 0 amide bonds. The number of hydrogen-bond donors (Lipinski definition) is 0. The Morgan fingerprint density at radius 1 is 0.400 bits per heavy atom. The van der Waals surface area contributed by atoms with Crippen LogP contribution >= 0.6 is 0 Å². The molecule has 4 heterocycles. The Hall–Kier alpha value is -9.12. The quantitative estimate of drug-likeness (QED) is 0.157. The molecule has 7 nitrogen and oxygen atoms in total. The lowest BCUT2D eigenvalue weighted by Crippen LogP contribution is -2.07. The first-order valence-corrected chi connectivity index (χ1v) is 21.6. The van der Waals surface area contributed by atoms with E-state index in [9.17, 15) is 0 Å². The first kappa shape index (κ1) is 36.5. The summed E-state index contributed by atoms with van der Waals surface area (Å²) in [6.07, 6.45) is 0. The maximum Gasteiger partial charge on any atom is 0.238 e. The minimum atomic E-state index is 0.513. The van der Waals surface area contributed by atoms with E-state index in [4.69, 9.17) is 25.9 Å². The minimum Gasteiger partial charge on any atom is -0.455 e. The molecule has 65 heavy (non-hydrogen) atoms. The van der Waals surface area contributed by atoms with Crippen LogP contribution in [0.3, 0.4) is 0 Å². The second-order valence-electron chi connectivity index (χ2n) is 16.3. The van der Waals surface area contributed by atoms with E-state index < -0.39 is 0 Å². The van der Waals surface area contributed by atoms with Gasteiger partial charge >= 0.3 is 0 Å². The van der Waals surface area contributed by atoms with Gasteiger partial charge in [-0.1, -0.05) is 176 Å². The van der Waals surface area contributed by atoms with E-state index in [0.717, 1.165) is 105 Å². The predicted octanol–water partition coefficient (Wildman–Crippen LogP) is 15.2. The summed E-state index contributed by atoms with van der Waals surface area (Å²) < 4.78 is 11.3. The molecule has 13 rings (SSSR count). The molecular weight excluding hydrogens is 797 g/mol. The number of rotatable bonds is 6. The standard InChI is InChI=1S/C58H34N6O/c1-59-49-24-12-8-20-41(49)47-34-40(35-48-44-23-11-15-27-52(44)65-55(47)48)63-50-25-13-9-21-42(50)45-32-33-46-43-22-10-14-26-51(43)64(54(46)53(45)63)58-61-56(38-18-6-3-7-19-38)60-57(62-58)39-30-28-37(29-31-39)36-16-4-2-5-17-36/h2-35H. The normalized spacial score (nSPS) is 11.7. The van der Waals surface area contributed by atoms with E-state index in [1.54, 1.807) is 0 Å². The highest BCUT2D eigenvalue weighted by Crippen LogP contribution is 2.45. The Labute approximate surface area is 372 Å². The molecule has 302 valence electrons. The summed E-state index contributed by atoms with van der Waals surface area (Å²) >= 11 is 0. The highest BCUT2D eigenvalue weighted by molar-refractivity contribution is 6.24. The molecule has 13 aromatic rings. The zero-order valence-corrected chi connectivity index (χ0v) is 34.7. The van der Waals surface area contributed by atoms with Crippen LogP contribution < -0.4 is 0 Å². The number of aromatic nitrogens is 5. The summed E-state index contributed by atoms with van der Waals surface area (Å²) in [7, 11) is 0. The van der Waals surface area contributed by atoms with Crippen LogP contribution in [0.5, 0.6) is 0 Å². The molecular formula is C58H34N6O. The predicted molar refractivity (Wildman–Crippen MR) is 264 cm³/mol. The van der Waals surface area contributed by atoms with Gasteiger partial charge < -0.3 is 8.98 Å². The van der Waals surface area contributed by atoms with Gasteiger partial charge in [-0.05, 0) is 47.0 Å². The van der Waals surface area contributed by atoms with Crippen molar-refractivity contribution in [3.05, 3.63) is 218 Å². The number of hydrogen-bond acceptors (Lipinski definition) is 4. The third-order valence-electron chi connectivity index (χ3n) is 12.6. The molecule has 9 aromatic carbocycles. The average Bonchev–Trinajstić information content (AvgIpc) is 4.04. The lowest BCUT2D eigenvalue weighted by Gasteiger charge is -2.15. The van der Waals surface area contributed by atoms with Crippen LogP contribution in [0.2, 0.25) is 0 Å². The number of benzene rings is 9. The zero-order chi connectivity index (χ0) is 43.0. The van der Waals surface area contributed by atoms with Crippen molar-refractivity contribution in [1.29, 1.82) is 0 Å². The van der Waals surface area contributed by atoms with Gasteiger partial charge in [-0.15, -0.1) is 0 Å². The van der Waals surface area contributed by atoms with E-state index in [2.05, 4.69) is 141 Å². The van der Waals surface area contributed by atoms with Crippen LogP contribution in [-0.2, 0) is 0 Å². The molecule has 0 aliphatic rings. The van der Waals surface area contributed by atoms with E-state index >= 15 is 0 Å². The van der Waals surface area contributed by atoms with Gasteiger partial charge in [-0.25, -0.2) is 9.83 Å². The fourth-order valence-electron chi connectivity index (χ4n) is 9.67. The number of nitrogens with zero attached hydrogens (tertiary/aromatic N) is 6. The minimum absolute atomic E-state index is 0.513. The molecule has 0 unspecified atom stereocenters. The molecule has 7 heteroatoms. The van der Waals surface area contributed by atoms with Crippen molar-refractivity contribution in [2.45, 2.75) is 0 Å². The molecule has 0 saturated heterocycles. The van der Waals surface area contributed by atoms with E-state index in [1.807, 2.05) is 78.9 Å². The summed E-state index contributed by atoms with van der Waals surface area (Å²) in [5.41, 5.74) is 12.7. The highest BCUT2D eigenvalue weighted by Gasteiger charge is 2.25. The first-order valence-electron chi connectivity index (χ1n) is 21.6. The molecule has 0 radical (unpaired) electrons. The Kier molecular flexibility index (Phi) is 8.14. The fraction of sp³-hybridized carbons (Fsp3) is 0. The third kappa shape index (κ3) is 5.71. The molecule has 0 aliphatic carbocycles. The van der Waals surface area contributed by atoms with Gasteiger partial charge in [0.2, 0.25) is 5.95 Å². The topological polar surface area (TPSA) is 66.0 Å². The van der Waals surface area contributed by atoms with Crippen molar-refractivity contribution in [2.75, 3.05) is 0 Å².